The summed E-state index contributed by atoms with van der Waals surface area (Å²) < 4.78 is 0. The maximum absolute atomic E-state index is 4.28. The molecule has 0 bridgehead atoms. The molecular weight excluding hydrogens is 166 g/mol. The van der Waals surface area contributed by atoms with Crippen LogP contribution in [0.1, 0.15) is 12.5 Å². The van der Waals surface area contributed by atoms with Crippen LogP contribution in [0.3, 0.4) is 0 Å². The second-order valence-corrected chi connectivity index (χ2v) is 3.51. The molecule has 0 atom stereocenters. The van der Waals surface area contributed by atoms with Crippen molar-refractivity contribution in [2.24, 2.45) is 0 Å². The van der Waals surface area contributed by atoms with Crippen LogP contribution in [0.4, 0.5) is 0 Å². The zero-order valence-corrected chi connectivity index (χ0v) is 8.27. The summed E-state index contributed by atoms with van der Waals surface area (Å²) in [6.45, 7) is 4.12. The second kappa shape index (κ2) is 4.99. The number of aryl methyl sites for hydroxylation is 1. The summed E-state index contributed by atoms with van der Waals surface area (Å²) in [6.07, 6.45) is 6.04. The Balaban J connectivity index is 2.57. The van der Waals surface area contributed by atoms with E-state index in [9.17, 15) is 0 Å². The highest BCUT2D eigenvalue weighted by molar-refractivity contribution is 7.99. The van der Waals surface area contributed by atoms with E-state index in [1.807, 2.05) is 19.2 Å². The molecule has 0 aliphatic carbocycles. The molecule has 0 aliphatic heterocycles. The van der Waals surface area contributed by atoms with Crippen molar-refractivity contribution in [2.45, 2.75) is 18.9 Å². The minimum absolute atomic E-state index is 1.01. The lowest BCUT2D eigenvalue weighted by Gasteiger charge is -2.00. The van der Waals surface area contributed by atoms with Crippen molar-refractivity contribution >= 4 is 11.8 Å². The molecule has 0 aliphatic rings. The lowest BCUT2D eigenvalue weighted by molar-refractivity contribution is 1.08. The van der Waals surface area contributed by atoms with E-state index in [-0.39, 0.29) is 0 Å². The van der Waals surface area contributed by atoms with Gasteiger partial charge in [0.05, 0.1) is 5.03 Å². The van der Waals surface area contributed by atoms with Gasteiger partial charge >= 0.3 is 0 Å². The van der Waals surface area contributed by atoms with Gasteiger partial charge in [-0.15, -0.1) is 11.8 Å². The first-order chi connectivity index (χ1) is 5.84. The van der Waals surface area contributed by atoms with E-state index in [2.05, 4.69) is 30.1 Å². The Morgan fingerprint density at radius 3 is 3.08 bits per heavy atom. The smallest absolute Gasteiger partial charge is 0.0992 e. The molecular formula is C10H13NS. The number of hydrogen-bond donors (Lipinski definition) is 0. The third kappa shape index (κ3) is 2.70. The highest BCUT2D eigenvalue weighted by atomic mass is 32.2. The van der Waals surface area contributed by atoms with Gasteiger partial charge in [-0.2, -0.15) is 0 Å². The highest BCUT2D eigenvalue weighted by Crippen LogP contribution is 2.18. The first-order valence-electron chi connectivity index (χ1n) is 4.00. The Labute approximate surface area is 77.9 Å². The van der Waals surface area contributed by atoms with Crippen molar-refractivity contribution in [2.75, 3.05) is 5.75 Å². The molecule has 0 aromatic carbocycles. The fourth-order valence-electron chi connectivity index (χ4n) is 0.846. The van der Waals surface area contributed by atoms with Gasteiger partial charge in [-0.1, -0.05) is 18.2 Å². The number of allylic oxidation sites excluding steroid dienone is 1. The number of hydrogen-bond acceptors (Lipinski definition) is 2. The molecule has 0 radical (unpaired) electrons. The minimum atomic E-state index is 1.01. The quantitative estimate of drug-likeness (QED) is 0.522. The van der Waals surface area contributed by atoms with Crippen LogP contribution < -0.4 is 0 Å². The van der Waals surface area contributed by atoms with Gasteiger partial charge in [0.25, 0.3) is 0 Å². The van der Waals surface area contributed by atoms with Crippen molar-refractivity contribution < 1.29 is 0 Å². The van der Waals surface area contributed by atoms with Crippen molar-refractivity contribution in [3.8, 4) is 0 Å². The molecule has 0 amide bonds. The molecule has 2 heteroatoms. The Kier molecular flexibility index (Phi) is 3.88. The third-order valence-corrected chi connectivity index (χ3v) is 2.57. The summed E-state index contributed by atoms with van der Waals surface area (Å²) in [7, 11) is 0. The minimum Gasteiger partial charge on any atom is -0.250 e. The first-order valence-corrected chi connectivity index (χ1v) is 4.98. The molecule has 1 heterocycles. The van der Waals surface area contributed by atoms with Gasteiger partial charge in [-0.25, -0.2) is 4.98 Å². The summed E-state index contributed by atoms with van der Waals surface area (Å²) in [5, 5.41) is 1.13. The number of aromatic nitrogens is 1. The van der Waals surface area contributed by atoms with Gasteiger partial charge in [-0.05, 0) is 25.5 Å². The number of thioether (sulfide) groups is 1. The predicted molar refractivity (Wildman–Crippen MR) is 54.5 cm³/mol. The number of pyridine rings is 1. The van der Waals surface area contributed by atoms with Gasteiger partial charge < -0.3 is 0 Å². The van der Waals surface area contributed by atoms with Crippen molar-refractivity contribution in [1.82, 2.24) is 4.98 Å². The van der Waals surface area contributed by atoms with Crippen LogP contribution in [-0.2, 0) is 0 Å². The van der Waals surface area contributed by atoms with E-state index in [4.69, 9.17) is 0 Å². The summed E-state index contributed by atoms with van der Waals surface area (Å²) >= 11 is 1.77. The zero-order valence-electron chi connectivity index (χ0n) is 7.45. The van der Waals surface area contributed by atoms with Crippen LogP contribution in [0, 0.1) is 6.92 Å². The summed E-state index contributed by atoms with van der Waals surface area (Å²) in [5.74, 6) is 1.01. The number of rotatable bonds is 3. The molecule has 1 aromatic rings. The molecule has 1 aromatic heterocycles. The van der Waals surface area contributed by atoms with Gasteiger partial charge in [0.1, 0.15) is 0 Å². The highest BCUT2D eigenvalue weighted by Gasteiger charge is 1.95. The monoisotopic (exact) mass is 179 g/mol. The van der Waals surface area contributed by atoms with E-state index >= 15 is 0 Å². The molecule has 12 heavy (non-hydrogen) atoms. The van der Waals surface area contributed by atoms with E-state index in [0.717, 1.165) is 10.8 Å². The Morgan fingerprint density at radius 2 is 2.42 bits per heavy atom. The van der Waals surface area contributed by atoms with E-state index in [0.29, 0.717) is 0 Å². The molecule has 0 saturated carbocycles. The topological polar surface area (TPSA) is 12.9 Å². The van der Waals surface area contributed by atoms with Crippen molar-refractivity contribution in [3.63, 3.8) is 0 Å². The van der Waals surface area contributed by atoms with E-state index in [1.54, 1.807) is 11.8 Å². The van der Waals surface area contributed by atoms with Gasteiger partial charge in [0.15, 0.2) is 0 Å². The van der Waals surface area contributed by atoms with Gasteiger partial charge in [0.2, 0.25) is 0 Å². The fourth-order valence-corrected chi connectivity index (χ4v) is 1.72. The van der Waals surface area contributed by atoms with Crippen LogP contribution in [-0.4, -0.2) is 10.7 Å². The van der Waals surface area contributed by atoms with Crippen LogP contribution in [0.5, 0.6) is 0 Å². The normalized spacial score (nSPS) is 10.8. The molecule has 1 nitrogen and oxygen atoms in total. The van der Waals surface area contributed by atoms with E-state index < -0.39 is 0 Å². The van der Waals surface area contributed by atoms with Crippen LogP contribution in [0.15, 0.2) is 35.5 Å². The fraction of sp³-hybridized carbons (Fsp3) is 0.300. The van der Waals surface area contributed by atoms with Crippen LogP contribution in [0.25, 0.3) is 0 Å². The SMILES string of the molecule is C/C=C/CSc1ncccc1C. The average Bonchev–Trinajstić information content (AvgIpc) is 2.09. The zero-order chi connectivity index (χ0) is 8.81. The van der Waals surface area contributed by atoms with Crippen LogP contribution in [0.2, 0.25) is 0 Å². The Hall–Kier alpha value is -0.760. The predicted octanol–water partition coefficient (Wildman–Crippen LogP) is 3.06. The largest absolute Gasteiger partial charge is 0.250 e. The van der Waals surface area contributed by atoms with Gasteiger partial charge in [-0.3, -0.25) is 0 Å². The van der Waals surface area contributed by atoms with E-state index in [1.165, 1.54) is 5.56 Å². The summed E-state index contributed by atoms with van der Waals surface area (Å²) in [5.41, 5.74) is 1.26. The lowest BCUT2D eigenvalue weighted by Crippen LogP contribution is -1.83. The van der Waals surface area contributed by atoms with Gasteiger partial charge in [0, 0.05) is 11.9 Å². The lowest BCUT2D eigenvalue weighted by atomic mass is 10.3. The number of nitrogens with zero attached hydrogens (tertiary/aromatic N) is 1. The first kappa shape index (κ1) is 9.33. The van der Waals surface area contributed by atoms with Crippen LogP contribution >= 0.6 is 11.8 Å². The Bertz CT molecular complexity index is 268. The molecule has 0 fully saturated rings. The Morgan fingerprint density at radius 1 is 1.58 bits per heavy atom. The summed E-state index contributed by atoms with van der Waals surface area (Å²) in [4.78, 5) is 4.28. The van der Waals surface area contributed by atoms with Crippen molar-refractivity contribution in [1.29, 1.82) is 0 Å². The third-order valence-electron chi connectivity index (χ3n) is 1.51. The summed E-state index contributed by atoms with van der Waals surface area (Å²) in [6, 6.07) is 4.06. The standard InChI is InChI=1S/C10H13NS/c1-3-4-8-12-10-9(2)6-5-7-11-10/h3-7H,8H2,1-2H3/b4-3+. The van der Waals surface area contributed by atoms with Crippen molar-refractivity contribution in [3.05, 3.63) is 36.0 Å². The molecule has 0 N–H and O–H groups in total. The molecule has 0 saturated heterocycles. The maximum Gasteiger partial charge on any atom is 0.0992 e. The molecule has 0 unspecified atom stereocenters. The molecule has 0 spiro atoms. The molecule has 1 rings (SSSR count). The second-order valence-electron chi connectivity index (χ2n) is 2.51. The molecule has 64 valence electrons. The maximum atomic E-state index is 4.28. The average molecular weight is 179 g/mol.